The van der Waals surface area contributed by atoms with Gasteiger partial charge in [-0.3, -0.25) is 9.97 Å². The van der Waals surface area contributed by atoms with E-state index >= 15 is 0 Å². The van der Waals surface area contributed by atoms with E-state index in [0.29, 0.717) is 6.61 Å². The number of hydrogen-bond donors (Lipinski definition) is 0. The molecule has 0 aliphatic carbocycles. The van der Waals surface area contributed by atoms with Crippen molar-refractivity contribution in [1.29, 1.82) is 0 Å². The van der Waals surface area contributed by atoms with Crippen LogP contribution in [0.4, 0.5) is 0 Å². The van der Waals surface area contributed by atoms with Crippen molar-refractivity contribution in [3.63, 3.8) is 0 Å². The quantitative estimate of drug-likeness (QED) is 0.736. The molecule has 1 heterocycles. The van der Waals surface area contributed by atoms with Gasteiger partial charge in [-0.15, -0.1) is 0 Å². The van der Waals surface area contributed by atoms with Crippen LogP contribution in [-0.2, 0) is 0 Å². The van der Waals surface area contributed by atoms with Crippen LogP contribution >= 0.6 is 0 Å². The fraction of sp³-hybridized carbons (Fsp3) is 0.412. The van der Waals surface area contributed by atoms with Crippen molar-refractivity contribution in [2.45, 2.75) is 13.3 Å². The Morgan fingerprint density at radius 2 is 1.91 bits per heavy atom. The minimum Gasteiger partial charge on any atom is -0.497 e. The fourth-order valence-electron chi connectivity index (χ4n) is 2.18. The van der Waals surface area contributed by atoms with Gasteiger partial charge in [0.05, 0.1) is 25.1 Å². The number of ether oxygens (including phenoxy) is 2. The van der Waals surface area contributed by atoms with E-state index in [4.69, 9.17) is 9.47 Å². The molecule has 0 amide bonds. The highest BCUT2D eigenvalue weighted by molar-refractivity contribution is 5.70. The Morgan fingerprint density at radius 1 is 1.14 bits per heavy atom. The number of aromatic nitrogens is 2. The average molecular weight is 301 g/mol. The minimum absolute atomic E-state index is 0.650. The second-order valence-corrected chi connectivity index (χ2v) is 5.36. The van der Waals surface area contributed by atoms with Gasteiger partial charge in [-0.1, -0.05) is 0 Å². The van der Waals surface area contributed by atoms with E-state index in [-0.39, 0.29) is 0 Å². The van der Waals surface area contributed by atoms with Crippen LogP contribution in [0.2, 0.25) is 0 Å². The molecule has 5 nitrogen and oxygen atoms in total. The first-order valence-corrected chi connectivity index (χ1v) is 7.35. The van der Waals surface area contributed by atoms with Crippen molar-refractivity contribution in [3.8, 4) is 22.8 Å². The molecule has 118 valence electrons. The maximum absolute atomic E-state index is 5.97. The lowest BCUT2D eigenvalue weighted by Crippen LogP contribution is -2.15. The average Bonchev–Trinajstić information content (AvgIpc) is 2.52. The Hall–Kier alpha value is -2.14. The van der Waals surface area contributed by atoms with Crippen molar-refractivity contribution in [2.75, 3.05) is 34.4 Å². The van der Waals surface area contributed by atoms with Gasteiger partial charge < -0.3 is 14.4 Å². The van der Waals surface area contributed by atoms with Crippen LogP contribution in [-0.4, -0.2) is 49.2 Å². The zero-order valence-electron chi connectivity index (χ0n) is 13.7. The van der Waals surface area contributed by atoms with Crippen molar-refractivity contribution in [3.05, 3.63) is 36.3 Å². The molecular formula is C17H23N3O2. The maximum atomic E-state index is 5.97. The summed E-state index contributed by atoms with van der Waals surface area (Å²) in [4.78, 5) is 10.9. The summed E-state index contributed by atoms with van der Waals surface area (Å²) in [5.41, 5.74) is 2.66. The summed E-state index contributed by atoms with van der Waals surface area (Å²) >= 11 is 0. The number of rotatable bonds is 7. The van der Waals surface area contributed by atoms with Crippen LogP contribution in [0.25, 0.3) is 11.3 Å². The second kappa shape index (κ2) is 7.75. The zero-order chi connectivity index (χ0) is 15.9. The van der Waals surface area contributed by atoms with E-state index < -0.39 is 0 Å². The third-order valence-electron chi connectivity index (χ3n) is 3.33. The summed E-state index contributed by atoms with van der Waals surface area (Å²) in [6.07, 6.45) is 4.35. The molecule has 0 atom stereocenters. The van der Waals surface area contributed by atoms with Gasteiger partial charge >= 0.3 is 0 Å². The number of methoxy groups -OCH3 is 1. The topological polar surface area (TPSA) is 47.5 Å². The van der Waals surface area contributed by atoms with Gasteiger partial charge in [0.25, 0.3) is 0 Å². The summed E-state index contributed by atoms with van der Waals surface area (Å²) in [6, 6.07) is 5.78. The van der Waals surface area contributed by atoms with Gasteiger partial charge in [0, 0.05) is 30.6 Å². The van der Waals surface area contributed by atoms with Crippen LogP contribution in [0.3, 0.4) is 0 Å². The number of nitrogens with zero attached hydrogens (tertiary/aromatic N) is 3. The van der Waals surface area contributed by atoms with Gasteiger partial charge in [-0.25, -0.2) is 0 Å². The fourth-order valence-corrected chi connectivity index (χ4v) is 2.18. The number of benzene rings is 1. The molecule has 0 spiro atoms. The first-order valence-electron chi connectivity index (χ1n) is 7.35. The predicted octanol–water partition coefficient (Wildman–Crippen LogP) is 2.79. The number of aryl methyl sites for hydroxylation is 1. The van der Waals surface area contributed by atoms with Crippen LogP contribution in [0.5, 0.6) is 11.5 Å². The highest BCUT2D eigenvalue weighted by atomic mass is 16.5. The smallest absolute Gasteiger partial charge is 0.132 e. The molecule has 2 aromatic rings. The summed E-state index contributed by atoms with van der Waals surface area (Å²) < 4.78 is 11.3. The van der Waals surface area contributed by atoms with Crippen LogP contribution in [0.1, 0.15) is 12.1 Å². The Bertz CT molecular complexity index is 615. The molecule has 0 unspecified atom stereocenters. The molecule has 0 N–H and O–H groups in total. The molecule has 0 fully saturated rings. The number of hydrogen-bond acceptors (Lipinski definition) is 5. The Labute approximate surface area is 131 Å². The predicted molar refractivity (Wildman–Crippen MR) is 87.4 cm³/mol. The monoisotopic (exact) mass is 301 g/mol. The molecule has 0 saturated heterocycles. The van der Waals surface area contributed by atoms with E-state index in [1.54, 1.807) is 19.5 Å². The van der Waals surface area contributed by atoms with Crippen molar-refractivity contribution < 1.29 is 9.47 Å². The zero-order valence-corrected chi connectivity index (χ0v) is 13.7. The first kappa shape index (κ1) is 16.2. The van der Waals surface area contributed by atoms with Crippen LogP contribution in [0.15, 0.2) is 30.6 Å². The van der Waals surface area contributed by atoms with Gasteiger partial charge in [-0.2, -0.15) is 0 Å². The lowest BCUT2D eigenvalue weighted by molar-refractivity contribution is 0.281. The van der Waals surface area contributed by atoms with E-state index in [2.05, 4.69) is 29.0 Å². The minimum atomic E-state index is 0.650. The normalized spacial score (nSPS) is 10.8. The largest absolute Gasteiger partial charge is 0.497 e. The SMILES string of the molecule is COc1ccc(-c2nccnc2C)c(OCCCN(C)C)c1. The lowest BCUT2D eigenvalue weighted by Gasteiger charge is -2.15. The Morgan fingerprint density at radius 3 is 2.59 bits per heavy atom. The lowest BCUT2D eigenvalue weighted by atomic mass is 10.1. The molecule has 0 saturated carbocycles. The van der Waals surface area contributed by atoms with E-state index in [9.17, 15) is 0 Å². The highest BCUT2D eigenvalue weighted by Crippen LogP contribution is 2.33. The second-order valence-electron chi connectivity index (χ2n) is 5.36. The van der Waals surface area contributed by atoms with Gasteiger partial charge in [-0.05, 0) is 39.6 Å². The highest BCUT2D eigenvalue weighted by Gasteiger charge is 2.12. The molecule has 5 heteroatoms. The molecule has 0 aliphatic rings. The van der Waals surface area contributed by atoms with Crippen molar-refractivity contribution in [2.24, 2.45) is 0 Å². The molecule has 0 bridgehead atoms. The summed E-state index contributed by atoms with van der Waals surface area (Å²) in [7, 11) is 5.76. The van der Waals surface area contributed by atoms with Gasteiger partial charge in [0.1, 0.15) is 11.5 Å². The molecule has 0 aliphatic heterocycles. The third-order valence-corrected chi connectivity index (χ3v) is 3.33. The summed E-state index contributed by atoms with van der Waals surface area (Å²) in [5, 5.41) is 0. The van der Waals surface area contributed by atoms with Crippen molar-refractivity contribution in [1.82, 2.24) is 14.9 Å². The van der Waals surface area contributed by atoms with E-state index in [0.717, 1.165) is 41.4 Å². The van der Waals surface area contributed by atoms with Crippen LogP contribution < -0.4 is 9.47 Å². The van der Waals surface area contributed by atoms with Crippen molar-refractivity contribution >= 4 is 0 Å². The summed E-state index contributed by atoms with van der Waals surface area (Å²) in [5.74, 6) is 1.55. The van der Waals surface area contributed by atoms with E-state index in [1.165, 1.54) is 0 Å². The Kier molecular flexibility index (Phi) is 5.72. The van der Waals surface area contributed by atoms with E-state index in [1.807, 2.05) is 25.1 Å². The maximum Gasteiger partial charge on any atom is 0.132 e. The molecule has 2 rings (SSSR count). The first-order chi connectivity index (χ1) is 10.6. The van der Waals surface area contributed by atoms with Crippen LogP contribution in [0, 0.1) is 6.92 Å². The van der Waals surface area contributed by atoms with Gasteiger partial charge in [0.2, 0.25) is 0 Å². The Balaban J connectivity index is 2.24. The molecular weight excluding hydrogens is 278 g/mol. The van der Waals surface area contributed by atoms with Gasteiger partial charge in [0.15, 0.2) is 0 Å². The molecule has 22 heavy (non-hydrogen) atoms. The summed E-state index contributed by atoms with van der Waals surface area (Å²) in [6.45, 7) is 3.59. The molecule has 1 aromatic carbocycles. The molecule has 1 aromatic heterocycles. The molecule has 0 radical (unpaired) electrons. The standard InChI is InChI=1S/C17H23N3O2/c1-13-17(19-9-8-18-13)15-7-6-14(21-4)12-16(15)22-11-5-10-20(2)3/h6-9,12H,5,10-11H2,1-4H3. The third kappa shape index (κ3) is 4.18.